The van der Waals surface area contributed by atoms with Gasteiger partial charge in [0, 0.05) is 17.0 Å². The van der Waals surface area contributed by atoms with Gasteiger partial charge in [-0.2, -0.15) is 24.9 Å². The van der Waals surface area contributed by atoms with E-state index in [2.05, 4.69) is 4.98 Å². The molecule has 0 fully saturated rings. The van der Waals surface area contributed by atoms with Crippen molar-refractivity contribution in [3.8, 4) is 0 Å². The van der Waals surface area contributed by atoms with E-state index in [1.807, 2.05) is 6.92 Å². The summed E-state index contributed by atoms with van der Waals surface area (Å²) in [7, 11) is 0. The van der Waals surface area contributed by atoms with Crippen molar-refractivity contribution in [2.24, 2.45) is 0 Å². The number of hydrogen-bond acceptors (Lipinski definition) is 2. The van der Waals surface area contributed by atoms with Crippen molar-refractivity contribution in [3.05, 3.63) is 35.5 Å². The SMILES string of the molecule is CCSCC(C)(O)c1cc2ccc(C(F)(F)F)cc2[nH]1. The van der Waals surface area contributed by atoms with Gasteiger partial charge in [-0.05, 0) is 36.3 Å². The molecule has 2 N–H and O–H groups in total. The topological polar surface area (TPSA) is 36.0 Å². The number of alkyl halides is 3. The molecule has 1 heterocycles. The predicted molar refractivity (Wildman–Crippen MR) is 75.9 cm³/mol. The van der Waals surface area contributed by atoms with Crippen LogP contribution in [0.4, 0.5) is 13.2 Å². The molecule has 0 saturated carbocycles. The number of halogens is 3. The summed E-state index contributed by atoms with van der Waals surface area (Å²) in [6, 6.07) is 5.24. The molecule has 2 aromatic rings. The van der Waals surface area contributed by atoms with E-state index < -0.39 is 17.3 Å². The van der Waals surface area contributed by atoms with Crippen LogP contribution in [0.5, 0.6) is 0 Å². The van der Waals surface area contributed by atoms with Gasteiger partial charge in [-0.15, -0.1) is 0 Å². The standard InChI is InChI=1S/C14H16F3NOS/c1-3-20-8-13(2,19)12-6-9-4-5-10(14(15,16)17)7-11(9)18-12/h4-7,18-19H,3,8H2,1-2H3. The van der Waals surface area contributed by atoms with Crippen LogP contribution >= 0.6 is 11.8 Å². The Kier molecular flexibility index (Phi) is 4.07. The Morgan fingerprint density at radius 1 is 1.25 bits per heavy atom. The average molecular weight is 303 g/mol. The van der Waals surface area contributed by atoms with Crippen LogP contribution in [0.1, 0.15) is 25.1 Å². The van der Waals surface area contributed by atoms with E-state index in [9.17, 15) is 18.3 Å². The number of aliphatic hydroxyl groups is 1. The van der Waals surface area contributed by atoms with Crippen LogP contribution in [0.15, 0.2) is 24.3 Å². The number of thioether (sulfide) groups is 1. The fraction of sp³-hybridized carbons (Fsp3) is 0.429. The molecule has 1 aromatic carbocycles. The first-order chi connectivity index (χ1) is 9.24. The Morgan fingerprint density at radius 3 is 2.55 bits per heavy atom. The van der Waals surface area contributed by atoms with E-state index in [-0.39, 0.29) is 0 Å². The molecule has 0 aliphatic heterocycles. The summed E-state index contributed by atoms with van der Waals surface area (Å²) in [6.07, 6.45) is -4.36. The van der Waals surface area contributed by atoms with Crippen molar-refractivity contribution in [2.75, 3.05) is 11.5 Å². The first-order valence-electron chi connectivity index (χ1n) is 6.24. The van der Waals surface area contributed by atoms with Crippen molar-refractivity contribution < 1.29 is 18.3 Å². The van der Waals surface area contributed by atoms with Gasteiger partial charge in [0.05, 0.1) is 5.56 Å². The average Bonchev–Trinajstić information content (AvgIpc) is 2.79. The van der Waals surface area contributed by atoms with Crippen LogP contribution in [0, 0.1) is 0 Å². The van der Waals surface area contributed by atoms with E-state index in [1.54, 1.807) is 24.8 Å². The monoisotopic (exact) mass is 303 g/mol. The maximum atomic E-state index is 12.7. The van der Waals surface area contributed by atoms with E-state index >= 15 is 0 Å². The largest absolute Gasteiger partial charge is 0.416 e. The molecule has 1 atom stereocenters. The molecule has 2 nitrogen and oxygen atoms in total. The summed E-state index contributed by atoms with van der Waals surface area (Å²) >= 11 is 1.58. The highest BCUT2D eigenvalue weighted by Gasteiger charge is 2.31. The molecule has 2 rings (SSSR count). The van der Waals surface area contributed by atoms with E-state index in [0.29, 0.717) is 22.3 Å². The number of hydrogen-bond donors (Lipinski definition) is 2. The predicted octanol–water partition coefficient (Wildman–Crippen LogP) is 4.15. The molecule has 110 valence electrons. The minimum absolute atomic E-state index is 0.386. The molecule has 0 radical (unpaired) electrons. The highest BCUT2D eigenvalue weighted by atomic mass is 32.2. The zero-order chi connectivity index (χ0) is 15.0. The normalized spacial score (nSPS) is 15.5. The zero-order valence-corrected chi connectivity index (χ0v) is 12.0. The number of H-pyrrole nitrogens is 1. The van der Waals surface area contributed by atoms with Crippen LogP contribution in [-0.2, 0) is 11.8 Å². The van der Waals surface area contributed by atoms with Gasteiger partial charge in [-0.3, -0.25) is 0 Å². The third-order valence-corrected chi connectivity index (χ3v) is 4.29. The Morgan fingerprint density at radius 2 is 1.95 bits per heavy atom. The van der Waals surface area contributed by atoms with Crippen molar-refractivity contribution >= 4 is 22.7 Å². The molecule has 20 heavy (non-hydrogen) atoms. The summed E-state index contributed by atoms with van der Waals surface area (Å²) in [5.74, 6) is 1.36. The lowest BCUT2D eigenvalue weighted by Crippen LogP contribution is -2.24. The summed E-state index contributed by atoms with van der Waals surface area (Å²) < 4.78 is 38.0. The van der Waals surface area contributed by atoms with Gasteiger partial charge in [-0.25, -0.2) is 0 Å². The molecule has 1 unspecified atom stereocenters. The van der Waals surface area contributed by atoms with Crippen LogP contribution < -0.4 is 0 Å². The molecule has 0 aliphatic carbocycles. The van der Waals surface area contributed by atoms with Gasteiger partial charge in [0.1, 0.15) is 5.60 Å². The van der Waals surface area contributed by atoms with Gasteiger partial charge in [-0.1, -0.05) is 13.0 Å². The van der Waals surface area contributed by atoms with E-state index in [4.69, 9.17) is 0 Å². The molecular formula is C14H16F3NOS. The van der Waals surface area contributed by atoms with Gasteiger partial charge in [0.25, 0.3) is 0 Å². The third-order valence-electron chi connectivity index (χ3n) is 3.12. The number of benzene rings is 1. The quantitative estimate of drug-likeness (QED) is 0.890. The molecular weight excluding hydrogens is 287 g/mol. The molecule has 0 bridgehead atoms. The lowest BCUT2D eigenvalue weighted by Gasteiger charge is -2.21. The second-order valence-electron chi connectivity index (χ2n) is 4.89. The summed E-state index contributed by atoms with van der Waals surface area (Å²) in [4.78, 5) is 2.89. The number of aromatic nitrogens is 1. The second-order valence-corrected chi connectivity index (χ2v) is 6.17. The van der Waals surface area contributed by atoms with Crippen LogP contribution in [-0.4, -0.2) is 21.6 Å². The number of aromatic amines is 1. The maximum Gasteiger partial charge on any atom is 0.416 e. The molecule has 0 saturated heterocycles. The fourth-order valence-electron chi connectivity index (χ4n) is 1.97. The first kappa shape index (κ1) is 15.3. The summed E-state index contributed by atoms with van der Waals surface area (Å²) in [6.45, 7) is 3.65. The van der Waals surface area contributed by atoms with Gasteiger partial charge >= 0.3 is 6.18 Å². The fourth-order valence-corrected chi connectivity index (χ4v) is 2.73. The third kappa shape index (κ3) is 3.12. The molecule has 0 amide bonds. The second kappa shape index (κ2) is 5.33. The molecule has 0 aliphatic rings. The smallest absolute Gasteiger partial charge is 0.383 e. The van der Waals surface area contributed by atoms with Crippen LogP contribution in [0.25, 0.3) is 10.9 Å². The Balaban J connectivity index is 2.39. The first-order valence-corrected chi connectivity index (χ1v) is 7.40. The number of nitrogens with one attached hydrogen (secondary N) is 1. The maximum absolute atomic E-state index is 12.7. The number of rotatable bonds is 4. The molecule has 0 spiro atoms. The Bertz CT molecular complexity index is 604. The summed E-state index contributed by atoms with van der Waals surface area (Å²) in [5, 5.41) is 11.0. The van der Waals surface area contributed by atoms with Gasteiger partial charge in [0.2, 0.25) is 0 Å². The summed E-state index contributed by atoms with van der Waals surface area (Å²) in [5.41, 5.74) is -0.858. The van der Waals surface area contributed by atoms with Crippen LogP contribution in [0.2, 0.25) is 0 Å². The van der Waals surface area contributed by atoms with Crippen molar-refractivity contribution in [1.29, 1.82) is 0 Å². The molecule has 1 aromatic heterocycles. The van der Waals surface area contributed by atoms with Gasteiger partial charge in [0.15, 0.2) is 0 Å². The highest BCUT2D eigenvalue weighted by Crippen LogP contribution is 2.33. The Hall–Kier alpha value is -1.14. The minimum atomic E-state index is -4.36. The zero-order valence-electron chi connectivity index (χ0n) is 11.2. The van der Waals surface area contributed by atoms with Crippen molar-refractivity contribution in [1.82, 2.24) is 4.98 Å². The van der Waals surface area contributed by atoms with E-state index in [0.717, 1.165) is 17.9 Å². The number of fused-ring (bicyclic) bond motifs is 1. The van der Waals surface area contributed by atoms with E-state index in [1.165, 1.54) is 6.07 Å². The van der Waals surface area contributed by atoms with Crippen molar-refractivity contribution in [2.45, 2.75) is 25.6 Å². The van der Waals surface area contributed by atoms with Gasteiger partial charge < -0.3 is 10.1 Å². The van der Waals surface area contributed by atoms with Crippen LogP contribution in [0.3, 0.4) is 0 Å². The lowest BCUT2D eigenvalue weighted by atomic mass is 10.1. The lowest BCUT2D eigenvalue weighted by molar-refractivity contribution is -0.137. The van der Waals surface area contributed by atoms with Crippen molar-refractivity contribution in [3.63, 3.8) is 0 Å². The minimum Gasteiger partial charge on any atom is -0.383 e. The highest BCUT2D eigenvalue weighted by molar-refractivity contribution is 7.99. The Labute approximate surface area is 119 Å². The molecule has 6 heteroatoms.